The number of hydrogen-bond acceptors (Lipinski definition) is 3. The molecule has 0 saturated carbocycles. The molecule has 1 aromatic heterocycles. The molecular weight excluding hydrogens is 234 g/mol. The zero-order valence-corrected chi connectivity index (χ0v) is 9.56. The molecule has 0 aliphatic rings. The maximum atomic E-state index is 11.3. The Bertz CT molecular complexity index is 631. The Morgan fingerprint density at radius 1 is 1.28 bits per heavy atom. The number of aromatic amines is 1. The van der Waals surface area contributed by atoms with Crippen molar-refractivity contribution in [3.8, 4) is 5.75 Å². The molecule has 0 bridgehead atoms. The first-order chi connectivity index (χ1) is 8.49. The predicted octanol–water partition coefficient (Wildman–Crippen LogP) is 0.390. The highest BCUT2D eigenvalue weighted by Gasteiger charge is 2.16. The van der Waals surface area contributed by atoms with Crippen LogP contribution in [0.25, 0.3) is 10.9 Å². The minimum absolute atomic E-state index is 0.0813. The first kappa shape index (κ1) is 12.0. The van der Waals surface area contributed by atoms with Gasteiger partial charge in [0.1, 0.15) is 11.4 Å². The normalized spacial score (nSPS) is 10.7. The third kappa shape index (κ3) is 2.13. The molecule has 0 atom stereocenters. The largest absolute Gasteiger partial charge is 0.508 e. The monoisotopic (exact) mass is 247 g/mol. The van der Waals surface area contributed by atoms with Crippen molar-refractivity contribution < 1.29 is 14.7 Å². The first-order valence-corrected chi connectivity index (χ1v) is 5.40. The van der Waals surface area contributed by atoms with E-state index >= 15 is 0 Å². The number of phenolic OH excluding ortho intramolecular Hbond substituents is 1. The quantitative estimate of drug-likeness (QED) is 0.625. The van der Waals surface area contributed by atoms with Gasteiger partial charge in [-0.05, 0) is 30.2 Å². The van der Waals surface area contributed by atoms with Crippen LogP contribution in [0.15, 0.2) is 18.2 Å². The molecule has 2 rings (SSSR count). The van der Waals surface area contributed by atoms with Crippen LogP contribution < -0.4 is 11.5 Å². The molecule has 2 amide bonds. The van der Waals surface area contributed by atoms with E-state index in [1.807, 2.05) is 0 Å². The maximum absolute atomic E-state index is 11.3. The molecule has 1 aromatic carbocycles. The number of hydrogen-bond donors (Lipinski definition) is 4. The molecule has 94 valence electrons. The smallest absolute Gasteiger partial charge is 0.265 e. The zero-order chi connectivity index (χ0) is 13.3. The Labute approximate surface area is 103 Å². The fourth-order valence-electron chi connectivity index (χ4n) is 1.95. The molecule has 0 fully saturated rings. The van der Waals surface area contributed by atoms with Crippen molar-refractivity contribution in [3.05, 3.63) is 29.5 Å². The van der Waals surface area contributed by atoms with Gasteiger partial charge in [-0.1, -0.05) is 0 Å². The molecule has 6 N–H and O–H groups in total. The van der Waals surface area contributed by atoms with E-state index in [1.54, 1.807) is 6.07 Å². The van der Waals surface area contributed by atoms with Crippen LogP contribution in [0.3, 0.4) is 0 Å². The van der Waals surface area contributed by atoms with Gasteiger partial charge in [-0.25, -0.2) is 0 Å². The molecule has 18 heavy (non-hydrogen) atoms. The lowest BCUT2D eigenvalue weighted by molar-refractivity contribution is -0.117. The van der Waals surface area contributed by atoms with Crippen molar-refractivity contribution in [1.82, 2.24) is 4.98 Å². The van der Waals surface area contributed by atoms with Crippen LogP contribution in [0.2, 0.25) is 0 Å². The summed E-state index contributed by atoms with van der Waals surface area (Å²) in [5, 5.41) is 10.1. The van der Waals surface area contributed by atoms with Crippen LogP contribution >= 0.6 is 0 Å². The Balaban J connectivity index is 2.57. The number of phenols is 1. The van der Waals surface area contributed by atoms with Gasteiger partial charge in [-0.3, -0.25) is 9.59 Å². The molecule has 1 heterocycles. The van der Waals surface area contributed by atoms with Crippen molar-refractivity contribution in [2.24, 2.45) is 11.5 Å². The van der Waals surface area contributed by atoms with Crippen LogP contribution in [0.1, 0.15) is 22.5 Å². The summed E-state index contributed by atoms with van der Waals surface area (Å²) in [6.45, 7) is 0. The van der Waals surface area contributed by atoms with Crippen LogP contribution in [0.4, 0.5) is 0 Å². The van der Waals surface area contributed by atoms with Crippen LogP contribution in [0, 0.1) is 0 Å². The summed E-state index contributed by atoms with van der Waals surface area (Å²) < 4.78 is 0. The van der Waals surface area contributed by atoms with E-state index in [1.165, 1.54) is 12.1 Å². The molecule has 6 heteroatoms. The van der Waals surface area contributed by atoms with E-state index in [4.69, 9.17) is 11.5 Å². The molecule has 2 aromatic rings. The van der Waals surface area contributed by atoms with E-state index in [-0.39, 0.29) is 17.9 Å². The highest BCUT2D eigenvalue weighted by molar-refractivity contribution is 6.00. The topological polar surface area (TPSA) is 122 Å². The number of carbonyl (C=O) groups excluding carboxylic acids is 2. The number of H-pyrrole nitrogens is 1. The van der Waals surface area contributed by atoms with Gasteiger partial charge in [-0.15, -0.1) is 0 Å². The van der Waals surface area contributed by atoms with Crippen molar-refractivity contribution in [3.63, 3.8) is 0 Å². The van der Waals surface area contributed by atoms with Gasteiger partial charge in [0.05, 0.1) is 0 Å². The number of fused-ring (bicyclic) bond motifs is 1. The fourth-order valence-corrected chi connectivity index (χ4v) is 1.95. The number of carbonyl (C=O) groups is 2. The van der Waals surface area contributed by atoms with E-state index in [0.29, 0.717) is 22.9 Å². The van der Waals surface area contributed by atoms with Gasteiger partial charge in [0, 0.05) is 17.3 Å². The summed E-state index contributed by atoms with van der Waals surface area (Å²) in [6.07, 6.45) is 0.417. The number of primary amides is 2. The van der Waals surface area contributed by atoms with Gasteiger partial charge in [-0.2, -0.15) is 0 Å². The summed E-state index contributed by atoms with van der Waals surface area (Å²) in [6, 6.07) is 4.67. The third-order valence-corrected chi connectivity index (χ3v) is 2.76. The number of aryl methyl sites for hydroxylation is 1. The second kappa shape index (κ2) is 4.40. The van der Waals surface area contributed by atoms with E-state index in [0.717, 1.165) is 0 Å². The lowest BCUT2D eigenvalue weighted by Crippen LogP contribution is -2.16. The summed E-state index contributed by atoms with van der Waals surface area (Å²) in [7, 11) is 0. The SMILES string of the molecule is NC(=O)CCc1c(C(N)=O)[nH]c2ccc(O)cc12. The number of amides is 2. The molecule has 0 aliphatic carbocycles. The zero-order valence-electron chi connectivity index (χ0n) is 9.56. The molecule has 0 spiro atoms. The average molecular weight is 247 g/mol. The Hall–Kier alpha value is -2.50. The van der Waals surface area contributed by atoms with Gasteiger partial charge in [0.2, 0.25) is 5.91 Å². The molecule has 0 saturated heterocycles. The standard InChI is InChI=1S/C12H13N3O3/c13-10(17)4-2-7-8-5-6(16)1-3-9(8)15-11(7)12(14)18/h1,3,5,15-16H,2,4H2,(H2,13,17)(H2,14,18). The second-order valence-corrected chi connectivity index (χ2v) is 4.04. The summed E-state index contributed by atoms with van der Waals surface area (Å²) >= 11 is 0. The predicted molar refractivity (Wildman–Crippen MR) is 66.0 cm³/mol. The third-order valence-electron chi connectivity index (χ3n) is 2.76. The average Bonchev–Trinajstić information content (AvgIpc) is 2.64. The van der Waals surface area contributed by atoms with Crippen molar-refractivity contribution in [1.29, 1.82) is 0 Å². The molecule has 0 aliphatic heterocycles. The van der Waals surface area contributed by atoms with E-state index in [2.05, 4.69) is 4.98 Å². The number of aromatic nitrogens is 1. The minimum Gasteiger partial charge on any atom is -0.508 e. The molecule has 0 unspecified atom stereocenters. The molecular formula is C12H13N3O3. The minimum atomic E-state index is -0.606. The lowest BCUT2D eigenvalue weighted by Gasteiger charge is -2.00. The number of nitrogens with two attached hydrogens (primary N) is 2. The van der Waals surface area contributed by atoms with E-state index < -0.39 is 11.8 Å². The Morgan fingerprint density at radius 3 is 2.61 bits per heavy atom. The summed E-state index contributed by atoms with van der Waals surface area (Å²) in [5.41, 5.74) is 11.9. The van der Waals surface area contributed by atoms with Gasteiger partial charge < -0.3 is 21.6 Å². The fraction of sp³-hybridized carbons (Fsp3) is 0.167. The second-order valence-electron chi connectivity index (χ2n) is 4.04. The van der Waals surface area contributed by atoms with Gasteiger partial charge in [0.25, 0.3) is 5.91 Å². The van der Waals surface area contributed by atoms with Gasteiger partial charge >= 0.3 is 0 Å². The maximum Gasteiger partial charge on any atom is 0.265 e. The van der Waals surface area contributed by atoms with Crippen LogP contribution in [0.5, 0.6) is 5.75 Å². The van der Waals surface area contributed by atoms with Crippen molar-refractivity contribution >= 4 is 22.7 Å². The molecule has 0 radical (unpaired) electrons. The highest BCUT2D eigenvalue weighted by atomic mass is 16.3. The van der Waals surface area contributed by atoms with Gasteiger partial charge in [0.15, 0.2) is 0 Å². The van der Waals surface area contributed by atoms with Crippen LogP contribution in [-0.4, -0.2) is 21.9 Å². The van der Waals surface area contributed by atoms with Crippen molar-refractivity contribution in [2.45, 2.75) is 12.8 Å². The van der Waals surface area contributed by atoms with Crippen LogP contribution in [-0.2, 0) is 11.2 Å². The first-order valence-electron chi connectivity index (χ1n) is 5.40. The Kier molecular flexibility index (Phi) is 2.93. The molecule has 6 nitrogen and oxygen atoms in total. The summed E-state index contributed by atoms with van der Waals surface area (Å²) in [5.74, 6) is -0.983. The number of rotatable bonds is 4. The number of aromatic hydroxyl groups is 1. The lowest BCUT2D eigenvalue weighted by atomic mass is 10.0. The number of benzene rings is 1. The summed E-state index contributed by atoms with van der Waals surface area (Å²) in [4.78, 5) is 25.0. The number of nitrogens with one attached hydrogen (secondary N) is 1. The van der Waals surface area contributed by atoms with Crippen molar-refractivity contribution in [2.75, 3.05) is 0 Å². The Morgan fingerprint density at radius 2 is 2.00 bits per heavy atom. The van der Waals surface area contributed by atoms with E-state index in [9.17, 15) is 14.7 Å². The highest BCUT2D eigenvalue weighted by Crippen LogP contribution is 2.27.